The van der Waals surface area contributed by atoms with Crippen molar-refractivity contribution in [1.29, 1.82) is 5.26 Å². The van der Waals surface area contributed by atoms with Gasteiger partial charge in [-0.25, -0.2) is 18.7 Å². The van der Waals surface area contributed by atoms with Crippen LogP contribution in [-0.4, -0.2) is 40.9 Å². The predicted molar refractivity (Wildman–Crippen MR) is 172 cm³/mol. The standard InChI is InChI=1S/C17H21FN2OS.C17H17FN2OS/c2*1-16(2)10-17(11-19,7-8-21-16)15-20-14(9-22-15)12-3-5-13(18)6-4-12/h3-6,9H,7-8,10-11,19H2,1-2H3;3-6,9H,7-8,10H2,1-2H3. The van der Waals surface area contributed by atoms with Crippen molar-refractivity contribution in [2.75, 3.05) is 19.8 Å². The number of hydrogen-bond donors (Lipinski definition) is 1. The number of nitrogens with zero attached hydrogens (tertiary/aromatic N) is 3. The van der Waals surface area contributed by atoms with Crippen LogP contribution in [0.2, 0.25) is 0 Å². The van der Waals surface area contributed by atoms with Crippen LogP contribution in [0.25, 0.3) is 22.5 Å². The molecule has 2 unspecified atom stereocenters. The highest BCUT2D eigenvalue weighted by molar-refractivity contribution is 7.10. The number of aromatic nitrogens is 2. The molecule has 0 bridgehead atoms. The Morgan fingerprint density at radius 2 is 1.25 bits per heavy atom. The second-order valence-electron chi connectivity index (χ2n) is 12.8. The van der Waals surface area contributed by atoms with Gasteiger partial charge in [0.25, 0.3) is 0 Å². The van der Waals surface area contributed by atoms with Gasteiger partial charge in [0.05, 0.1) is 28.7 Å². The fourth-order valence-corrected chi connectivity index (χ4v) is 8.21. The fourth-order valence-electron chi connectivity index (χ4n) is 6.13. The van der Waals surface area contributed by atoms with Crippen LogP contribution in [0.5, 0.6) is 0 Å². The maximum atomic E-state index is 13.1. The molecule has 2 aromatic heterocycles. The quantitative estimate of drug-likeness (QED) is 0.238. The molecule has 4 aromatic rings. The summed E-state index contributed by atoms with van der Waals surface area (Å²) < 4.78 is 37.6. The van der Waals surface area contributed by atoms with Gasteiger partial charge in [0, 0.05) is 53.5 Å². The van der Waals surface area contributed by atoms with Crippen LogP contribution in [0.15, 0.2) is 59.3 Å². The zero-order chi connectivity index (χ0) is 31.6. The molecule has 232 valence electrons. The van der Waals surface area contributed by atoms with Crippen molar-refractivity contribution < 1.29 is 18.3 Å². The summed E-state index contributed by atoms with van der Waals surface area (Å²) in [6, 6.07) is 15.2. The summed E-state index contributed by atoms with van der Waals surface area (Å²) in [6.07, 6.45) is 3.05. The molecule has 4 heterocycles. The van der Waals surface area contributed by atoms with Gasteiger partial charge in [-0.15, -0.1) is 22.7 Å². The molecule has 44 heavy (non-hydrogen) atoms. The summed E-state index contributed by atoms with van der Waals surface area (Å²) in [5, 5.41) is 15.6. The zero-order valence-corrected chi connectivity index (χ0v) is 27.2. The van der Waals surface area contributed by atoms with E-state index in [9.17, 15) is 14.0 Å². The third-order valence-electron chi connectivity index (χ3n) is 8.34. The van der Waals surface area contributed by atoms with Gasteiger partial charge < -0.3 is 15.2 Å². The minimum absolute atomic E-state index is 0.120. The molecule has 0 saturated carbocycles. The second-order valence-corrected chi connectivity index (χ2v) is 14.6. The van der Waals surface area contributed by atoms with Crippen LogP contribution < -0.4 is 5.73 Å². The Morgan fingerprint density at radius 3 is 1.73 bits per heavy atom. The van der Waals surface area contributed by atoms with Gasteiger partial charge in [-0.1, -0.05) is 0 Å². The largest absolute Gasteiger partial charge is 0.376 e. The third-order valence-corrected chi connectivity index (χ3v) is 10.5. The highest BCUT2D eigenvalue weighted by Gasteiger charge is 2.45. The second kappa shape index (κ2) is 12.7. The Hall–Kier alpha value is -3.07. The first kappa shape index (κ1) is 32.3. The molecule has 2 aliphatic heterocycles. The van der Waals surface area contributed by atoms with E-state index in [0.717, 1.165) is 45.4 Å². The number of nitriles is 1. The van der Waals surface area contributed by atoms with E-state index in [4.69, 9.17) is 20.2 Å². The molecule has 10 heteroatoms. The molecule has 2 N–H and O–H groups in total. The first-order valence-corrected chi connectivity index (χ1v) is 16.5. The van der Waals surface area contributed by atoms with Crippen LogP contribution in [0.4, 0.5) is 8.78 Å². The van der Waals surface area contributed by atoms with Crippen molar-refractivity contribution in [1.82, 2.24) is 9.97 Å². The number of halogens is 2. The van der Waals surface area contributed by atoms with E-state index in [1.54, 1.807) is 35.6 Å². The lowest BCUT2D eigenvalue weighted by Crippen LogP contribution is -2.48. The molecule has 0 radical (unpaired) electrons. The third kappa shape index (κ3) is 7.08. The van der Waals surface area contributed by atoms with Gasteiger partial charge in [-0.05, 0) is 95.5 Å². The molecular weight excluding hydrogens is 599 g/mol. The normalized spacial score (nSPS) is 24.1. The average molecular weight is 637 g/mol. The average Bonchev–Trinajstić information content (AvgIpc) is 3.69. The summed E-state index contributed by atoms with van der Waals surface area (Å²) >= 11 is 3.14. The number of nitrogens with two attached hydrogens (primary N) is 1. The summed E-state index contributed by atoms with van der Waals surface area (Å²) in [7, 11) is 0. The first-order chi connectivity index (χ1) is 20.9. The van der Waals surface area contributed by atoms with Crippen molar-refractivity contribution in [3.63, 3.8) is 0 Å². The van der Waals surface area contributed by atoms with Crippen LogP contribution in [0.1, 0.15) is 63.4 Å². The molecule has 2 aromatic carbocycles. The SMILES string of the molecule is CC1(C)CC(C#N)(c2nc(-c3ccc(F)cc3)cs2)CCO1.CC1(C)CC(CN)(c2nc(-c3ccc(F)cc3)cs2)CCO1. The van der Waals surface area contributed by atoms with Crippen molar-refractivity contribution in [3.8, 4) is 28.6 Å². The molecule has 2 atom stereocenters. The van der Waals surface area contributed by atoms with Gasteiger partial charge in [0.15, 0.2) is 0 Å². The van der Waals surface area contributed by atoms with Gasteiger partial charge in [-0.3, -0.25) is 0 Å². The zero-order valence-electron chi connectivity index (χ0n) is 25.5. The van der Waals surface area contributed by atoms with Crippen molar-refractivity contribution in [2.24, 2.45) is 5.73 Å². The van der Waals surface area contributed by atoms with Gasteiger partial charge >= 0.3 is 0 Å². The van der Waals surface area contributed by atoms with Crippen molar-refractivity contribution in [2.45, 2.75) is 75.4 Å². The van der Waals surface area contributed by atoms with E-state index in [0.29, 0.717) is 32.6 Å². The predicted octanol–water partition coefficient (Wildman–Crippen LogP) is 8.03. The van der Waals surface area contributed by atoms with Gasteiger partial charge in [0.2, 0.25) is 0 Å². The molecule has 6 rings (SSSR count). The highest BCUT2D eigenvalue weighted by atomic mass is 32.1. The monoisotopic (exact) mass is 636 g/mol. The number of rotatable bonds is 5. The summed E-state index contributed by atoms with van der Waals surface area (Å²) in [5.74, 6) is -0.498. The Balaban J connectivity index is 0.000000175. The molecule has 2 aliphatic rings. The van der Waals surface area contributed by atoms with Crippen molar-refractivity contribution in [3.05, 3.63) is 80.9 Å². The lowest BCUT2D eigenvalue weighted by Gasteiger charge is -2.43. The lowest BCUT2D eigenvalue weighted by molar-refractivity contribution is -0.0806. The molecule has 0 amide bonds. The smallest absolute Gasteiger partial charge is 0.123 e. The minimum Gasteiger partial charge on any atom is -0.376 e. The van der Waals surface area contributed by atoms with E-state index in [2.05, 4.69) is 24.9 Å². The summed E-state index contributed by atoms with van der Waals surface area (Å²) in [5.41, 5.74) is 8.38. The molecule has 0 aliphatic carbocycles. The maximum Gasteiger partial charge on any atom is 0.123 e. The Morgan fingerprint density at radius 1 is 0.773 bits per heavy atom. The van der Waals surface area contributed by atoms with Gasteiger partial charge in [-0.2, -0.15) is 5.26 Å². The molecule has 2 saturated heterocycles. The fraction of sp³-hybridized carbons (Fsp3) is 0.441. The summed E-state index contributed by atoms with van der Waals surface area (Å²) in [6.45, 7) is 10.0. The van der Waals surface area contributed by atoms with Gasteiger partial charge in [0.1, 0.15) is 27.1 Å². The molecule has 2 fully saturated rings. The van der Waals surface area contributed by atoms with Crippen molar-refractivity contribution >= 4 is 22.7 Å². The van der Waals surface area contributed by atoms with Crippen LogP contribution in [-0.2, 0) is 20.3 Å². The topological polar surface area (TPSA) is 94.0 Å². The molecule has 0 spiro atoms. The Bertz CT molecular complexity index is 1610. The number of benzene rings is 2. The molecule has 6 nitrogen and oxygen atoms in total. The van der Waals surface area contributed by atoms with E-state index >= 15 is 0 Å². The van der Waals surface area contributed by atoms with Crippen LogP contribution in [0.3, 0.4) is 0 Å². The summed E-state index contributed by atoms with van der Waals surface area (Å²) in [4.78, 5) is 9.46. The Labute approximate surface area is 265 Å². The van der Waals surface area contributed by atoms with E-state index in [1.165, 1.54) is 35.6 Å². The Kier molecular flexibility index (Phi) is 9.36. The van der Waals surface area contributed by atoms with Crippen LogP contribution in [0, 0.1) is 23.0 Å². The minimum atomic E-state index is -0.593. The van der Waals surface area contributed by atoms with E-state index in [-0.39, 0.29) is 28.3 Å². The number of hydrogen-bond acceptors (Lipinski definition) is 8. The van der Waals surface area contributed by atoms with Crippen LogP contribution >= 0.6 is 22.7 Å². The lowest BCUT2D eigenvalue weighted by atomic mass is 9.74. The highest BCUT2D eigenvalue weighted by Crippen LogP contribution is 2.44. The number of ether oxygens (including phenoxy) is 2. The van der Waals surface area contributed by atoms with E-state index < -0.39 is 5.41 Å². The van der Waals surface area contributed by atoms with E-state index in [1.807, 2.05) is 24.6 Å². The first-order valence-electron chi connectivity index (χ1n) is 14.7. The maximum absolute atomic E-state index is 13.1. The molecular formula is C34H38F2N4O2S2. The number of thiazole rings is 2.